The first-order valence-corrected chi connectivity index (χ1v) is 6.00. The molecule has 2 atom stereocenters. The van der Waals surface area contributed by atoms with Gasteiger partial charge in [0.2, 0.25) is 5.91 Å². The predicted molar refractivity (Wildman–Crippen MR) is 61.0 cm³/mol. The number of rotatable bonds is 2. The van der Waals surface area contributed by atoms with Crippen LogP contribution in [0.25, 0.3) is 0 Å². The summed E-state index contributed by atoms with van der Waals surface area (Å²) < 4.78 is 5.36. The molecule has 0 aliphatic carbocycles. The molecule has 2 heterocycles. The summed E-state index contributed by atoms with van der Waals surface area (Å²) in [5.41, 5.74) is 5.59. The largest absolute Gasteiger partial charge is 0.365 e. The summed E-state index contributed by atoms with van der Waals surface area (Å²) in [5, 5.41) is 0. The Morgan fingerprint density at radius 2 is 2.31 bits per heavy atom. The first-order valence-electron chi connectivity index (χ1n) is 6.00. The zero-order chi connectivity index (χ0) is 11.5. The Hall–Kier alpha value is -0.650. The Labute approximate surface area is 96.5 Å². The SMILES string of the molecule is CN1CCCC(N2CC(CN)OCC2=O)C1. The summed E-state index contributed by atoms with van der Waals surface area (Å²) in [4.78, 5) is 16.1. The van der Waals surface area contributed by atoms with Gasteiger partial charge in [0, 0.05) is 25.7 Å². The van der Waals surface area contributed by atoms with E-state index < -0.39 is 0 Å². The molecule has 0 spiro atoms. The molecule has 1 amide bonds. The third kappa shape index (κ3) is 2.53. The van der Waals surface area contributed by atoms with Crippen molar-refractivity contribution in [3.8, 4) is 0 Å². The number of hydrogen-bond donors (Lipinski definition) is 1. The standard InChI is InChI=1S/C11H21N3O2/c1-13-4-2-3-9(6-13)14-7-10(5-12)16-8-11(14)15/h9-10H,2-8,12H2,1H3. The molecule has 0 radical (unpaired) electrons. The minimum atomic E-state index is 0.0185. The zero-order valence-corrected chi connectivity index (χ0v) is 9.89. The minimum absolute atomic E-state index is 0.0185. The van der Waals surface area contributed by atoms with Crippen molar-refractivity contribution < 1.29 is 9.53 Å². The average Bonchev–Trinajstić information content (AvgIpc) is 2.30. The van der Waals surface area contributed by atoms with Crippen molar-refractivity contribution in [2.75, 3.05) is 39.8 Å². The van der Waals surface area contributed by atoms with Gasteiger partial charge in [-0.2, -0.15) is 0 Å². The van der Waals surface area contributed by atoms with E-state index in [-0.39, 0.29) is 18.6 Å². The van der Waals surface area contributed by atoms with Crippen LogP contribution in [0.5, 0.6) is 0 Å². The van der Waals surface area contributed by atoms with Crippen LogP contribution in [-0.2, 0) is 9.53 Å². The van der Waals surface area contributed by atoms with Crippen molar-refractivity contribution in [1.82, 2.24) is 9.80 Å². The molecule has 2 aliphatic rings. The van der Waals surface area contributed by atoms with E-state index >= 15 is 0 Å². The lowest BCUT2D eigenvalue weighted by atomic mass is 10.0. The van der Waals surface area contributed by atoms with Gasteiger partial charge in [0.1, 0.15) is 6.61 Å². The summed E-state index contributed by atoms with van der Waals surface area (Å²) in [6, 6.07) is 0.351. The quantitative estimate of drug-likeness (QED) is 0.675. The molecule has 2 unspecified atom stereocenters. The minimum Gasteiger partial charge on any atom is -0.365 e. The number of hydrogen-bond acceptors (Lipinski definition) is 4. The molecule has 2 rings (SSSR count). The zero-order valence-electron chi connectivity index (χ0n) is 9.89. The Bertz CT molecular complexity index is 260. The molecule has 0 saturated carbocycles. The van der Waals surface area contributed by atoms with Crippen molar-refractivity contribution in [3.05, 3.63) is 0 Å². The molecule has 0 aromatic rings. The second-order valence-electron chi connectivity index (χ2n) is 4.77. The van der Waals surface area contributed by atoms with Crippen LogP contribution in [0.4, 0.5) is 0 Å². The van der Waals surface area contributed by atoms with Crippen LogP contribution in [0.1, 0.15) is 12.8 Å². The predicted octanol–water partition coefficient (Wildman–Crippen LogP) is -0.733. The number of nitrogens with zero attached hydrogens (tertiary/aromatic N) is 2. The molecule has 2 fully saturated rings. The van der Waals surface area contributed by atoms with E-state index in [2.05, 4.69) is 11.9 Å². The molecule has 16 heavy (non-hydrogen) atoms. The van der Waals surface area contributed by atoms with Gasteiger partial charge in [-0.15, -0.1) is 0 Å². The maximum Gasteiger partial charge on any atom is 0.248 e. The van der Waals surface area contributed by atoms with Crippen LogP contribution in [0.15, 0.2) is 0 Å². The highest BCUT2D eigenvalue weighted by atomic mass is 16.5. The highest BCUT2D eigenvalue weighted by molar-refractivity contribution is 5.78. The second-order valence-corrected chi connectivity index (χ2v) is 4.77. The van der Waals surface area contributed by atoms with Gasteiger partial charge in [0.05, 0.1) is 6.10 Å². The van der Waals surface area contributed by atoms with E-state index in [0.29, 0.717) is 19.1 Å². The fourth-order valence-electron chi connectivity index (χ4n) is 2.53. The number of piperidine rings is 1. The van der Waals surface area contributed by atoms with Crippen molar-refractivity contribution in [3.63, 3.8) is 0 Å². The fourth-order valence-corrected chi connectivity index (χ4v) is 2.53. The number of amides is 1. The molecule has 0 bridgehead atoms. The van der Waals surface area contributed by atoms with E-state index in [1.54, 1.807) is 0 Å². The highest BCUT2D eigenvalue weighted by Crippen LogP contribution is 2.18. The molecule has 2 saturated heterocycles. The molecule has 2 N–H and O–H groups in total. The summed E-state index contributed by atoms with van der Waals surface area (Å²) in [6.07, 6.45) is 2.29. The maximum absolute atomic E-state index is 11.8. The summed E-state index contributed by atoms with van der Waals surface area (Å²) in [6.45, 7) is 3.46. The lowest BCUT2D eigenvalue weighted by molar-refractivity contribution is -0.153. The first kappa shape index (κ1) is 11.8. The number of likely N-dealkylation sites (tertiary alicyclic amines) is 1. The van der Waals surface area contributed by atoms with Crippen LogP contribution in [-0.4, -0.2) is 67.7 Å². The molecular formula is C11H21N3O2. The van der Waals surface area contributed by atoms with Crippen LogP contribution < -0.4 is 5.73 Å². The molecule has 5 heteroatoms. The van der Waals surface area contributed by atoms with Gasteiger partial charge in [-0.25, -0.2) is 0 Å². The summed E-state index contributed by atoms with van der Waals surface area (Å²) >= 11 is 0. The van der Waals surface area contributed by atoms with E-state index in [1.807, 2.05) is 4.90 Å². The summed E-state index contributed by atoms with van der Waals surface area (Å²) in [7, 11) is 2.11. The van der Waals surface area contributed by atoms with Gasteiger partial charge >= 0.3 is 0 Å². The number of ether oxygens (including phenoxy) is 1. The highest BCUT2D eigenvalue weighted by Gasteiger charge is 2.32. The van der Waals surface area contributed by atoms with E-state index in [4.69, 9.17) is 10.5 Å². The van der Waals surface area contributed by atoms with E-state index in [1.165, 1.54) is 6.42 Å². The molecule has 2 aliphatic heterocycles. The smallest absolute Gasteiger partial charge is 0.248 e. The number of morpholine rings is 1. The molecule has 92 valence electrons. The van der Waals surface area contributed by atoms with Crippen molar-refractivity contribution in [2.45, 2.75) is 25.0 Å². The molecule has 0 aromatic carbocycles. The normalized spacial score (nSPS) is 33.1. The number of likely N-dealkylation sites (N-methyl/N-ethyl adjacent to an activating group) is 1. The first-order chi connectivity index (χ1) is 7.70. The Kier molecular flexibility index (Phi) is 3.78. The van der Waals surface area contributed by atoms with Gasteiger partial charge in [-0.05, 0) is 26.4 Å². The van der Waals surface area contributed by atoms with Gasteiger partial charge in [0.25, 0.3) is 0 Å². The Morgan fingerprint density at radius 3 is 3.00 bits per heavy atom. The third-order valence-electron chi connectivity index (χ3n) is 3.47. The van der Waals surface area contributed by atoms with Crippen molar-refractivity contribution in [2.24, 2.45) is 5.73 Å². The molecular weight excluding hydrogens is 206 g/mol. The number of nitrogens with two attached hydrogens (primary N) is 1. The molecule has 0 aromatic heterocycles. The maximum atomic E-state index is 11.8. The number of carbonyl (C=O) groups excluding carboxylic acids is 1. The van der Waals surface area contributed by atoms with Crippen LogP contribution >= 0.6 is 0 Å². The van der Waals surface area contributed by atoms with Gasteiger partial charge in [0.15, 0.2) is 0 Å². The third-order valence-corrected chi connectivity index (χ3v) is 3.47. The Morgan fingerprint density at radius 1 is 1.50 bits per heavy atom. The van der Waals surface area contributed by atoms with Gasteiger partial charge in [-0.3, -0.25) is 4.79 Å². The van der Waals surface area contributed by atoms with Gasteiger partial charge in [-0.1, -0.05) is 0 Å². The lowest BCUT2D eigenvalue weighted by Gasteiger charge is -2.41. The summed E-state index contributed by atoms with van der Waals surface area (Å²) in [5.74, 6) is 0.116. The van der Waals surface area contributed by atoms with Crippen LogP contribution in [0.3, 0.4) is 0 Å². The molecule has 5 nitrogen and oxygen atoms in total. The Balaban J connectivity index is 1.97. The van der Waals surface area contributed by atoms with E-state index in [0.717, 1.165) is 19.5 Å². The van der Waals surface area contributed by atoms with Gasteiger partial charge < -0.3 is 20.3 Å². The monoisotopic (exact) mass is 227 g/mol. The second kappa shape index (κ2) is 5.12. The van der Waals surface area contributed by atoms with E-state index in [9.17, 15) is 4.79 Å². The lowest BCUT2D eigenvalue weighted by Crippen LogP contribution is -2.56. The average molecular weight is 227 g/mol. The van der Waals surface area contributed by atoms with Crippen molar-refractivity contribution >= 4 is 5.91 Å². The van der Waals surface area contributed by atoms with Crippen LogP contribution in [0, 0.1) is 0 Å². The fraction of sp³-hybridized carbons (Fsp3) is 0.909. The van der Waals surface area contributed by atoms with Crippen LogP contribution in [0.2, 0.25) is 0 Å². The topological polar surface area (TPSA) is 58.8 Å². The van der Waals surface area contributed by atoms with Crippen molar-refractivity contribution in [1.29, 1.82) is 0 Å². The number of carbonyl (C=O) groups is 1.